The Bertz CT molecular complexity index is 492. The molecule has 0 unspecified atom stereocenters. The Balaban J connectivity index is 2.43. The van der Waals surface area contributed by atoms with Crippen molar-refractivity contribution < 1.29 is 4.39 Å². The Morgan fingerprint density at radius 2 is 1.78 bits per heavy atom. The fraction of sp³-hybridized carbons (Fsp3) is 0.529. The van der Waals surface area contributed by atoms with E-state index in [1.165, 1.54) is 17.6 Å². The van der Waals surface area contributed by atoms with Crippen molar-refractivity contribution in [3.8, 4) is 0 Å². The predicted octanol–water partition coefficient (Wildman–Crippen LogP) is 5.36. The van der Waals surface area contributed by atoms with Crippen molar-refractivity contribution in [1.29, 1.82) is 0 Å². The highest BCUT2D eigenvalue weighted by molar-refractivity contribution is 5.68. The van der Waals surface area contributed by atoms with Gasteiger partial charge in [-0.2, -0.15) is 0 Å². The van der Waals surface area contributed by atoms with E-state index in [4.69, 9.17) is 0 Å². The maximum absolute atomic E-state index is 13.4. The van der Waals surface area contributed by atoms with Crippen LogP contribution in [0.15, 0.2) is 24.3 Å². The second kappa shape index (κ2) is 4.22. The van der Waals surface area contributed by atoms with Crippen LogP contribution in [-0.4, -0.2) is 0 Å². The molecule has 1 aliphatic carbocycles. The van der Waals surface area contributed by atoms with Crippen LogP contribution in [0.4, 0.5) is 4.39 Å². The number of halogens is 1. The van der Waals surface area contributed by atoms with Gasteiger partial charge in [0, 0.05) is 0 Å². The van der Waals surface area contributed by atoms with Crippen LogP contribution in [0.1, 0.15) is 51.7 Å². The van der Waals surface area contributed by atoms with Gasteiger partial charge in [0.15, 0.2) is 0 Å². The summed E-state index contributed by atoms with van der Waals surface area (Å²) in [5, 5.41) is 0. The van der Waals surface area contributed by atoms with Gasteiger partial charge in [-0.05, 0) is 59.4 Å². The van der Waals surface area contributed by atoms with Gasteiger partial charge in [0.25, 0.3) is 0 Å². The van der Waals surface area contributed by atoms with E-state index < -0.39 is 0 Å². The molecular weight excluding hydrogens is 223 g/mol. The van der Waals surface area contributed by atoms with Gasteiger partial charge >= 0.3 is 0 Å². The lowest BCUT2D eigenvalue weighted by Gasteiger charge is -2.39. The highest BCUT2D eigenvalue weighted by Gasteiger charge is 2.33. The standard InChI is InChI=1S/C17H23F/c1-12-8-13(6-7-15(12)18)14-9-16(2,3)11-17(4,5)10-14/h6-9H,10-11H2,1-5H3. The van der Waals surface area contributed by atoms with Crippen molar-refractivity contribution in [2.45, 2.75) is 47.5 Å². The first-order valence-electron chi connectivity index (χ1n) is 6.67. The van der Waals surface area contributed by atoms with Crippen molar-refractivity contribution in [1.82, 2.24) is 0 Å². The molecule has 1 aromatic carbocycles. The fourth-order valence-electron chi connectivity index (χ4n) is 3.42. The zero-order chi connectivity index (χ0) is 13.6. The van der Waals surface area contributed by atoms with Gasteiger partial charge in [-0.15, -0.1) is 0 Å². The minimum absolute atomic E-state index is 0.117. The topological polar surface area (TPSA) is 0 Å². The monoisotopic (exact) mass is 246 g/mol. The first-order valence-corrected chi connectivity index (χ1v) is 6.67. The molecule has 0 saturated carbocycles. The van der Waals surface area contributed by atoms with E-state index in [-0.39, 0.29) is 11.2 Å². The number of hydrogen-bond donors (Lipinski definition) is 0. The molecule has 1 aromatic rings. The number of aryl methyl sites for hydroxylation is 1. The zero-order valence-corrected chi connectivity index (χ0v) is 12.1. The summed E-state index contributed by atoms with van der Waals surface area (Å²) in [6.45, 7) is 11.0. The molecule has 0 heterocycles. The fourth-order valence-corrected chi connectivity index (χ4v) is 3.42. The summed E-state index contributed by atoms with van der Waals surface area (Å²) in [5.74, 6) is -0.117. The third-order valence-corrected chi connectivity index (χ3v) is 3.70. The highest BCUT2D eigenvalue weighted by atomic mass is 19.1. The average Bonchev–Trinajstić information content (AvgIpc) is 2.17. The molecule has 0 atom stereocenters. The SMILES string of the molecule is Cc1cc(C2=CC(C)(C)CC(C)(C)C2)ccc1F. The van der Waals surface area contributed by atoms with Crippen LogP contribution in [0, 0.1) is 23.6 Å². The molecule has 0 amide bonds. The lowest BCUT2D eigenvalue weighted by Crippen LogP contribution is -2.26. The summed E-state index contributed by atoms with van der Waals surface area (Å²) in [7, 11) is 0. The summed E-state index contributed by atoms with van der Waals surface area (Å²) >= 11 is 0. The molecule has 18 heavy (non-hydrogen) atoms. The number of allylic oxidation sites excluding steroid dienone is 2. The van der Waals surface area contributed by atoms with Gasteiger partial charge in [0.1, 0.15) is 5.82 Å². The average molecular weight is 246 g/mol. The Labute approximate surface area is 110 Å². The molecule has 0 radical (unpaired) electrons. The molecule has 98 valence electrons. The molecule has 1 heteroatoms. The minimum Gasteiger partial charge on any atom is -0.207 e. The molecule has 2 rings (SSSR count). The summed E-state index contributed by atoms with van der Waals surface area (Å²) in [6, 6.07) is 5.46. The molecular formula is C17H23F. The van der Waals surface area contributed by atoms with Gasteiger partial charge < -0.3 is 0 Å². The molecule has 0 N–H and O–H groups in total. The maximum Gasteiger partial charge on any atom is 0.126 e. The van der Waals surface area contributed by atoms with Crippen molar-refractivity contribution in [3.63, 3.8) is 0 Å². The Morgan fingerprint density at radius 1 is 1.11 bits per heavy atom. The van der Waals surface area contributed by atoms with Crippen LogP contribution in [0.5, 0.6) is 0 Å². The smallest absolute Gasteiger partial charge is 0.126 e. The molecule has 0 bridgehead atoms. The minimum atomic E-state index is -0.117. The zero-order valence-electron chi connectivity index (χ0n) is 12.1. The maximum atomic E-state index is 13.4. The van der Waals surface area contributed by atoms with Crippen molar-refractivity contribution in [2.24, 2.45) is 10.8 Å². The predicted molar refractivity (Wildman–Crippen MR) is 75.9 cm³/mol. The van der Waals surface area contributed by atoms with Gasteiger partial charge in [-0.25, -0.2) is 4.39 Å². The van der Waals surface area contributed by atoms with Crippen LogP contribution < -0.4 is 0 Å². The normalized spacial score (nSPS) is 21.6. The number of rotatable bonds is 1. The molecule has 0 nitrogen and oxygen atoms in total. The Morgan fingerprint density at radius 3 is 2.33 bits per heavy atom. The van der Waals surface area contributed by atoms with Crippen molar-refractivity contribution >= 4 is 5.57 Å². The number of hydrogen-bond acceptors (Lipinski definition) is 0. The summed E-state index contributed by atoms with van der Waals surface area (Å²) in [5.41, 5.74) is 3.80. The lowest BCUT2D eigenvalue weighted by atomic mass is 9.66. The summed E-state index contributed by atoms with van der Waals surface area (Å²) in [4.78, 5) is 0. The highest BCUT2D eigenvalue weighted by Crippen LogP contribution is 2.47. The van der Waals surface area contributed by atoms with Gasteiger partial charge in [0.2, 0.25) is 0 Å². The van der Waals surface area contributed by atoms with Gasteiger partial charge in [-0.1, -0.05) is 39.8 Å². The molecule has 0 aromatic heterocycles. The quantitative estimate of drug-likeness (QED) is 0.625. The van der Waals surface area contributed by atoms with Gasteiger partial charge in [0.05, 0.1) is 0 Å². The lowest BCUT2D eigenvalue weighted by molar-refractivity contribution is 0.229. The van der Waals surface area contributed by atoms with E-state index in [1.807, 2.05) is 19.1 Å². The largest absolute Gasteiger partial charge is 0.207 e. The molecule has 0 fully saturated rings. The van der Waals surface area contributed by atoms with Crippen LogP contribution in [0.25, 0.3) is 5.57 Å². The molecule has 0 spiro atoms. The summed E-state index contributed by atoms with van der Waals surface area (Å²) in [6.07, 6.45) is 4.64. The van der Waals surface area contributed by atoms with E-state index in [9.17, 15) is 4.39 Å². The molecule has 0 saturated heterocycles. The van der Waals surface area contributed by atoms with Crippen LogP contribution in [0.3, 0.4) is 0 Å². The third kappa shape index (κ3) is 2.82. The van der Waals surface area contributed by atoms with E-state index in [2.05, 4.69) is 33.8 Å². The first-order chi connectivity index (χ1) is 8.19. The van der Waals surface area contributed by atoms with Crippen LogP contribution in [-0.2, 0) is 0 Å². The number of benzene rings is 1. The first kappa shape index (κ1) is 13.3. The van der Waals surface area contributed by atoms with Gasteiger partial charge in [-0.3, -0.25) is 0 Å². The second-order valence-corrected chi connectivity index (χ2v) is 7.14. The Kier molecular flexibility index (Phi) is 3.12. The van der Waals surface area contributed by atoms with Crippen LogP contribution in [0.2, 0.25) is 0 Å². The van der Waals surface area contributed by atoms with E-state index in [0.717, 1.165) is 12.0 Å². The van der Waals surface area contributed by atoms with E-state index >= 15 is 0 Å². The third-order valence-electron chi connectivity index (χ3n) is 3.70. The van der Waals surface area contributed by atoms with E-state index in [0.29, 0.717) is 5.41 Å². The van der Waals surface area contributed by atoms with Crippen molar-refractivity contribution in [2.75, 3.05) is 0 Å². The second-order valence-electron chi connectivity index (χ2n) is 7.14. The van der Waals surface area contributed by atoms with Crippen molar-refractivity contribution in [3.05, 3.63) is 41.2 Å². The molecule has 0 aliphatic heterocycles. The Hall–Kier alpha value is -1.11. The molecule has 1 aliphatic rings. The summed E-state index contributed by atoms with van der Waals surface area (Å²) < 4.78 is 13.4. The van der Waals surface area contributed by atoms with Crippen LogP contribution >= 0.6 is 0 Å². The van der Waals surface area contributed by atoms with E-state index in [1.54, 1.807) is 6.07 Å².